The van der Waals surface area contributed by atoms with Gasteiger partial charge in [-0.15, -0.1) is 0 Å². The van der Waals surface area contributed by atoms with Crippen LogP contribution in [0.5, 0.6) is 0 Å². The molecule has 0 bridgehead atoms. The molecular formula is C23H17N3O2S. The number of hydrogen-bond acceptors (Lipinski definition) is 4. The van der Waals surface area contributed by atoms with Gasteiger partial charge in [0.25, 0.3) is 5.69 Å². The van der Waals surface area contributed by atoms with Gasteiger partial charge in [0.2, 0.25) is 0 Å². The van der Waals surface area contributed by atoms with Crippen molar-refractivity contribution in [2.75, 3.05) is 0 Å². The second kappa shape index (κ2) is 8.58. The van der Waals surface area contributed by atoms with E-state index in [0.717, 1.165) is 26.7 Å². The first-order valence-electron chi connectivity index (χ1n) is 8.97. The Hall–Kier alpha value is -3.64. The Morgan fingerprint density at radius 2 is 1.52 bits per heavy atom. The van der Waals surface area contributed by atoms with E-state index < -0.39 is 4.92 Å². The third-order valence-electron chi connectivity index (χ3n) is 4.25. The Morgan fingerprint density at radius 3 is 2.17 bits per heavy atom. The molecule has 0 radical (unpaired) electrons. The number of rotatable bonds is 6. The summed E-state index contributed by atoms with van der Waals surface area (Å²) in [7, 11) is 0. The highest BCUT2D eigenvalue weighted by molar-refractivity contribution is 7.99. The minimum atomic E-state index is -0.394. The van der Waals surface area contributed by atoms with Crippen molar-refractivity contribution in [1.29, 1.82) is 0 Å². The molecule has 1 heterocycles. The van der Waals surface area contributed by atoms with Crippen LogP contribution in [0.15, 0.2) is 112 Å². The summed E-state index contributed by atoms with van der Waals surface area (Å²) in [4.78, 5) is 16.9. The number of aromatic nitrogens is 1. The summed E-state index contributed by atoms with van der Waals surface area (Å²) in [5.74, 6) is 0. The van der Waals surface area contributed by atoms with Gasteiger partial charge in [0.05, 0.1) is 10.6 Å². The summed E-state index contributed by atoms with van der Waals surface area (Å²) in [6.45, 7) is 0. The highest BCUT2D eigenvalue weighted by Crippen LogP contribution is 2.30. The molecule has 0 spiro atoms. The summed E-state index contributed by atoms with van der Waals surface area (Å²) in [5.41, 5.74) is 3.10. The maximum absolute atomic E-state index is 10.7. The molecule has 0 amide bonds. The van der Waals surface area contributed by atoms with Crippen LogP contribution in [0.25, 0.3) is 5.69 Å². The average molecular weight is 399 g/mol. The lowest BCUT2D eigenvalue weighted by Crippen LogP contribution is -1.88. The van der Waals surface area contributed by atoms with Gasteiger partial charge in [0, 0.05) is 51.8 Å². The molecule has 0 N–H and O–H groups in total. The Labute approximate surface area is 172 Å². The molecule has 0 saturated carbocycles. The summed E-state index contributed by atoms with van der Waals surface area (Å²) in [6, 6.07) is 26.6. The minimum absolute atomic E-state index is 0.0973. The van der Waals surface area contributed by atoms with Gasteiger partial charge in [0.15, 0.2) is 0 Å². The maximum Gasteiger partial charge on any atom is 0.269 e. The number of nitrogens with zero attached hydrogens (tertiary/aromatic N) is 3. The lowest BCUT2D eigenvalue weighted by Gasteiger charge is -2.02. The van der Waals surface area contributed by atoms with Gasteiger partial charge in [-0.1, -0.05) is 30.0 Å². The number of benzene rings is 3. The standard InChI is InChI=1S/C23H17N3O2S/c27-26(28)21-8-12-23(13-9-21)29-22-10-6-19(7-11-22)24-16-18-14-15-25(17-18)20-4-2-1-3-5-20/h1-17H. The van der Waals surface area contributed by atoms with Crippen LogP contribution in [0.3, 0.4) is 0 Å². The molecule has 0 aliphatic carbocycles. The van der Waals surface area contributed by atoms with E-state index in [-0.39, 0.29) is 5.69 Å². The molecule has 0 aliphatic heterocycles. The van der Waals surface area contributed by atoms with Crippen LogP contribution in [-0.2, 0) is 0 Å². The predicted molar refractivity (Wildman–Crippen MR) is 117 cm³/mol. The Bertz CT molecular complexity index is 1130. The quantitative estimate of drug-likeness (QED) is 0.217. The van der Waals surface area contributed by atoms with Crippen LogP contribution in [-0.4, -0.2) is 15.7 Å². The second-order valence-corrected chi connectivity index (χ2v) is 7.44. The van der Waals surface area contributed by atoms with Crippen molar-refractivity contribution in [3.05, 3.63) is 113 Å². The molecule has 0 saturated heterocycles. The number of nitro groups is 1. The number of para-hydroxylation sites is 1. The van der Waals surface area contributed by atoms with E-state index in [1.807, 2.05) is 67.1 Å². The Balaban J connectivity index is 1.40. The molecule has 0 fully saturated rings. The summed E-state index contributed by atoms with van der Waals surface area (Å²) < 4.78 is 2.06. The smallest absolute Gasteiger partial charge is 0.269 e. The normalized spacial score (nSPS) is 11.0. The van der Waals surface area contributed by atoms with E-state index in [9.17, 15) is 10.1 Å². The third-order valence-corrected chi connectivity index (χ3v) is 5.27. The van der Waals surface area contributed by atoms with Crippen LogP contribution < -0.4 is 0 Å². The predicted octanol–water partition coefficient (Wildman–Crippen LogP) is 6.29. The van der Waals surface area contributed by atoms with E-state index in [2.05, 4.69) is 21.7 Å². The second-order valence-electron chi connectivity index (χ2n) is 6.29. The van der Waals surface area contributed by atoms with E-state index in [4.69, 9.17) is 0 Å². The lowest BCUT2D eigenvalue weighted by molar-refractivity contribution is -0.384. The highest BCUT2D eigenvalue weighted by Gasteiger charge is 2.05. The van der Waals surface area contributed by atoms with Crippen LogP contribution in [0, 0.1) is 10.1 Å². The Kier molecular flexibility index (Phi) is 5.54. The highest BCUT2D eigenvalue weighted by atomic mass is 32.2. The van der Waals surface area contributed by atoms with Crippen molar-refractivity contribution in [2.45, 2.75) is 9.79 Å². The molecule has 29 heavy (non-hydrogen) atoms. The van der Waals surface area contributed by atoms with Gasteiger partial charge in [-0.25, -0.2) is 0 Å². The van der Waals surface area contributed by atoms with Gasteiger partial charge in [-0.2, -0.15) is 0 Å². The number of aliphatic imine (C=N–C) groups is 1. The first-order valence-corrected chi connectivity index (χ1v) is 9.79. The van der Waals surface area contributed by atoms with Crippen molar-refractivity contribution in [2.24, 2.45) is 4.99 Å². The molecule has 142 valence electrons. The van der Waals surface area contributed by atoms with Crippen molar-refractivity contribution in [1.82, 2.24) is 4.57 Å². The molecule has 0 atom stereocenters. The molecular weight excluding hydrogens is 382 g/mol. The molecule has 4 aromatic rings. The first-order chi connectivity index (χ1) is 14.2. The fraction of sp³-hybridized carbons (Fsp3) is 0. The zero-order chi connectivity index (χ0) is 20.1. The van der Waals surface area contributed by atoms with Crippen molar-refractivity contribution >= 4 is 29.4 Å². The van der Waals surface area contributed by atoms with Crippen LogP contribution in [0.1, 0.15) is 5.56 Å². The van der Waals surface area contributed by atoms with Crippen LogP contribution in [0.2, 0.25) is 0 Å². The minimum Gasteiger partial charge on any atom is -0.323 e. The molecule has 0 unspecified atom stereocenters. The monoisotopic (exact) mass is 399 g/mol. The van der Waals surface area contributed by atoms with Gasteiger partial charge >= 0.3 is 0 Å². The van der Waals surface area contributed by atoms with E-state index in [0.29, 0.717) is 0 Å². The van der Waals surface area contributed by atoms with Gasteiger partial charge in [-0.05, 0) is 54.6 Å². The largest absolute Gasteiger partial charge is 0.323 e. The molecule has 5 nitrogen and oxygen atoms in total. The van der Waals surface area contributed by atoms with Gasteiger partial charge < -0.3 is 4.57 Å². The van der Waals surface area contributed by atoms with E-state index >= 15 is 0 Å². The third kappa shape index (κ3) is 4.80. The number of non-ortho nitro benzene ring substituents is 1. The summed E-state index contributed by atoms with van der Waals surface area (Å²) in [5, 5.41) is 10.7. The van der Waals surface area contributed by atoms with Crippen LogP contribution in [0.4, 0.5) is 11.4 Å². The fourth-order valence-corrected chi connectivity index (χ4v) is 3.59. The summed E-state index contributed by atoms with van der Waals surface area (Å²) >= 11 is 1.55. The SMILES string of the molecule is O=[N+]([O-])c1ccc(Sc2ccc(N=Cc3ccn(-c4ccccc4)c3)cc2)cc1. The topological polar surface area (TPSA) is 60.4 Å². The van der Waals surface area contributed by atoms with Crippen molar-refractivity contribution in [3.63, 3.8) is 0 Å². The van der Waals surface area contributed by atoms with Crippen molar-refractivity contribution in [3.8, 4) is 5.69 Å². The summed E-state index contributed by atoms with van der Waals surface area (Å²) in [6.07, 6.45) is 5.90. The Morgan fingerprint density at radius 1 is 0.862 bits per heavy atom. The molecule has 1 aromatic heterocycles. The molecule has 4 rings (SSSR count). The first kappa shape index (κ1) is 18.7. The zero-order valence-electron chi connectivity index (χ0n) is 15.4. The van der Waals surface area contributed by atoms with Gasteiger partial charge in [0.1, 0.15) is 0 Å². The van der Waals surface area contributed by atoms with E-state index in [1.54, 1.807) is 23.9 Å². The molecule has 6 heteroatoms. The van der Waals surface area contributed by atoms with Crippen molar-refractivity contribution < 1.29 is 4.92 Å². The maximum atomic E-state index is 10.7. The fourth-order valence-electron chi connectivity index (χ4n) is 2.77. The lowest BCUT2D eigenvalue weighted by atomic mass is 10.3. The average Bonchev–Trinajstić information content (AvgIpc) is 3.23. The number of hydrogen-bond donors (Lipinski definition) is 0. The molecule has 3 aromatic carbocycles. The van der Waals surface area contributed by atoms with Gasteiger partial charge in [-0.3, -0.25) is 15.1 Å². The molecule has 0 aliphatic rings. The van der Waals surface area contributed by atoms with Crippen LogP contribution >= 0.6 is 11.8 Å². The van der Waals surface area contributed by atoms with E-state index in [1.165, 1.54) is 12.1 Å². The number of nitro benzene ring substituents is 1. The zero-order valence-corrected chi connectivity index (χ0v) is 16.2.